The molecule has 3 rings (SSSR count). The van der Waals surface area contributed by atoms with E-state index < -0.39 is 14.1 Å². The van der Waals surface area contributed by atoms with Gasteiger partial charge in [-0.15, -0.1) is 11.6 Å². The highest BCUT2D eigenvalue weighted by Crippen LogP contribution is 2.38. The molecule has 1 unspecified atom stereocenters. The second-order valence-corrected chi connectivity index (χ2v) is 9.01. The Bertz CT molecular complexity index is 583. The Morgan fingerprint density at radius 3 is 2.30 bits per heavy atom. The van der Waals surface area contributed by atoms with Crippen LogP contribution in [-0.2, 0) is 0 Å². The maximum atomic E-state index is 2.57. The normalized spacial score (nSPS) is 17.9. The highest BCUT2D eigenvalue weighted by atomic mass is 27.2. The van der Waals surface area contributed by atoms with Gasteiger partial charge in [-0.25, -0.2) is 0 Å². The quantitative estimate of drug-likeness (QED) is 0.769. The van der Waals surface area contributed by atoms with Crippen molar-refractivity contribution in [3.63, 3.8) is 0 Å². The largest absolute Gasteiger partial charge is 0.360 e. The third-order valence-electron chi connectivity index (χ3n) is 4.09. The summed E-state index contributed by atoms with van der Waals surface area (Å²) in [5, 5.41) is 0. The van der Waals surface area contributed by atoms with Crippen LogP contribution in [-0.4, -0.2) is 27.9 Å². The lowest BCUT2D eigenvalue weighted by molar-refractivity contribution is 0.702. The summed E-state index contributed by atoms with van der Waals surface area (Å²) in [4.78, 5) is 5.50. The van der Waals surface area contributed by atoms with Gasteiger partial charge in [0.15, 0.2) is 0 Å². The van der Waals surface area contributed by atoms with Crippen LogP contribution in [0, 0.1) is 0 Å². The van der Waals surface area contributed by atoms with E-state index in [1.54, 1.807) is 0 Å². The minimum absolute atomic E-state index is 0.574. The van der Waals surface area contributed by atoms with E-state index in [9.17, 15) is 0 Å². The molecule has 0 amide bonds. The summed E-state index contributed by atoms with van der Waals surface area (Å²) in [6.07, 6.45) is 0. The highest BCUT2D eigenvalue weighted by molar-refractivity contribution is 6.58. The minimum atomic E-state index is -0.845. The molecule has 2 aromatic rings. The van der Waals surface area contributed by atoms with Crippen LogP contribution >= 0.6 is 0 Å². The molecule has 1 atom stereocenters. The fourth-order valence-electron chi connectivity index (χ4n) is 3.23. The van der Waals surface area contributed by atoms with Crippen LogP contribution in [0.2, 0.25) is 11.6 Å². The van der Waals surface area contributed by atoms with Gasteiger partial charge < -0.3 is 9.80 Å². The van der Waals surface area contributed by atoms with Crippen LogP contribution in [0.4, 0.5) is 11.4 Å². The molecule has 0 aromatic heterocycles. The number of anilines is 2. The molecule has 1 heterocycles. The van der Waals surface area contributed by atoms with Gasteiger partial charge in [-0.1, -0.05) is 36.4 Å². The number of rotatable bonds is 2. The van der Waals surface area contributed by atoms with Gasteiger partial charge in [0.1, 0.15) is 0 Å². The van der Waals surface area contributed by atoms with Crippen LogP contribution in [0.1, 0.15) is 10.5 Å². The van der Waals surface area contributed by atoms with E-state index in [0.29, 0.717) is 4.90 Å². The molecule has 2 aromatic carbocycles. The van der Waals surface area contributed by atoms with Crippen molar-refractivity contribution in [3.05, 3.63) is 60.2 Å². The standard InChI is InChI=1S/C15H15N2.2CH3.Al/c1-16-12-17(14-8-3-2-4-9-14)11-13-7-5-6-10-15(13)16;;;/h2-11H,12H2,1H3;2*1H3;. The molecular formula is C17H21AlN2. The Morgan fingerprint density at radius 2 is 1.60 bits per heavy atom. The van der Waals surface area contributed by atoms with Crippen molar-refractivity contribution in [3.8, 4) is 0 Å². The summed E-state index contributed by atoms with van der Waals surface area (Å²) >= 11 is -0.845. The predicted octanol–water partition coefficient (Wildman–Crippen LogP) is 3.94. The van der Waals surface area contributed by atoms with Gasteiger partial charge in [0.05, 0.1) is 6.67 Å². The topological polar surface area (TPSA) is 6.48 Å². The lowest BCUT2D eigenvalue weighted by Crippen LogP contribution is -2.47. The summed E-state index contributed by atoms with van der Waals surface area (Å²) < 4.78 is 0. The van der Waals surface area contributed by atoms with Gasteiger partial charge in [0.25, 0.3) is 14.1 Å². The number of hydrogen-bond donors (Lipinski definition) is 0. The Balaban J connectivity index is 2.09. The van der Waals surface area contributed by atoms with Gasteiger partial charge in [0.2, 0.25) is 0 Å². The van der Waals surface area contributed by atoms with E-state index in [1.807, 2.05) is 0 Å². The average Bonchev–Trinajstić information content (AvgIpc) is 2.47. The van der Waals surface area contributed by atoms with Crippen molar-refractivity contribution >= 4 is 25.5 Å². The van der Waals surface area contributed by atoms with Crippen LogP contribution in [0.5, 0.6) is 0 Å². The third-order valence-corrected chi connectivity index (χ3v) is 6.07. The molecule has 0 radical (unpaired) electrons. The minimum Gasteiger partial charge on any atom is -0.360 e. The Labute approximate surface area is 126 Å². The Morgan fingerprint density at radius 1 is 0.950 bits per heavy atom. The van der Waals surface area contributed by atoms with E-state index in [2.05, 4.69) is 83.0 Å². The highest BCUT2D eigenvalue weighted by Gasteiger charge is 2.33. The second kappa shape index (κ2) is 5.52. The first-order chi connectivity index (χ1) is 9.68. The van der Waals surface area contributed by atoms with Crippen molar-refractivity contribution in [2.24, 2.45) is 0 Å². The van der Waals surface area contributed by atoms with Gasteiger partial charge in [-0.2, -0.15) is 0 Å². The number of hydrogen-bond acceptors (Lipinski definition) is 2. The van der Waals surface area contributed by atoms with E-state index >= 15 is 0 Å². The molecule has 1 aliphatic rings. The van der Waals surface area contributed by atoms with Gasteiger partial charge in [0, 0.05) is 23.3 Å². The van der Waals surface area contributed by atoms with Gasteiger partial charge >= 0.3 is 0 Å². The lowest BCUT2D eigenvalue weighted by atomic mass is 10.1. The molecule has 102 valence electrons. The molecule has 0 fully saturated rings. The smallest absolute Gasteiger partial charge is 0.296 e. The van der Waals surface area contributed by atoms with Crippen molar-refractivity contribution in [2.45, 2.75) is 16.5 Å². The number of nitrogens with zero attached hydrogens (tertiary/aromatic N) is 2. The number of fused-ring (bicyclic) bond motifs is 1. The number of para-hydroxylation sites is 2. The molecule has 20 heavy (non-hydrogen) atoms. The zero-order valence-electron chi connectivity index (χ0n) is 12.5. The average molecular weight is 280 g/mol. The zero-order chi connectivity index (χ0) is 14.1. The first-order valence-electron chi connectivity index (χ1n) is 7.30. The first kappa shape index (κ1) is 13.6. The fraction of sp³-hybridized carbons (Fsp3) is 0.294. The molecule has 0 saturated heterocycles. The second-order valence-electron chi connectivity index (χ2n) is 5.89. The monoisotopic (exact) mass is 280 g/mol. The van der Waals surface area contributed by atoms with Crippen molar-refractivity contribution in [2.75, 3.05) is 23.5 Å². The van der Waals surface area contributed by atoms with Crippen molar-refractivity contribution in [1.82, 2.24) is 0 Å². The lowest BCUT2D eigenvalue weighted by Gasteiger charge is -2.45. The SMILES string of the molecule is CN1CN(c2ccccc2)[CH]([Al]([CH3])[CH3])c2ccccc21. The Hall–Kier alpha value is -1.43. The third kappa shape index (κ3) is 2.33. The first-order valence-corrected chi connectivity index (χ1v) is 10.3. The van der Waals surface area contributed by atoms with Crippen LogP contribution in [0.3, 0.4) is 0 Å². The fourth-order valence-corrected chi connectivity index (χ4v) is 5.21. The maximum absolute atomic E-state index is 2.57. The molecule has 0 saturated carbocycles. The van der Waals surface area contributed by atoms with Crippen molar-refractivity contribution in [1.29, 1.82) is 0 Å². The summed E-state index contributed by atoms with van der Waals surface area (Å²) in [5.74, 6) is 4.89. The van der Waals surface area contributed by atoms with Gasteiger partial charge in [-0.3, -0.25) is 0 Å². The van der Waals surface area contributed by atoms with Crippen LogP contribution in [0.25, 0.3) is 0 Å². The van der Waals surface area contributed by atoms with E-state index in [0.717, 1.165) is 6.67 Å². The van der Waals surface area contributed by atoms with E-state index in [4.69, 9.17) is 0 Å². The van der Waals surface area contributed by atoms with E-state index in [1.165, 1.54) is 16.9 Å². The molecule has 2 nitrogen and oxygen atoms in total. The summed E-state index contributed by atoms with van der Waals surface area (Å²) in [7, 11) is 2.19. The molecule has 0 bridgehead atoms. The molecule has 0 aliphatic carbocycles. The van der Waals surface area contributed by atoms with Crippen LogP contribution in [0.15, 0.2) is 54.6 Å². The maximum Gasteiger partial charge on any atom is 0.296 e. The molecular weight excluding hydrogens is 259 g/mol. The summed E-state index contributed by atoms with van der Waals surface area (Å²) in [5.41, 5.74) is 4.22. The molecule has 0 spiro atoms. The van der Waals surface area contributed by atoms with Crippen LogP contribution < -0.4 is 9.80 Å². The van der Waals surface area contributed by atoms with Crippen molar-refractivity contribution < 1.29 is 0 Å². The summed E-state index contributed by atoms with van der Waals surface area (Å²) in [6, 6.07) is 19.7. The molecule has 1 aliphatic heterocycles. The van der Waals surface area contributed by atoms with Gasteiger partial charge in [-0.05, 0) is 23.8 Å². The zero-order valence-corrected chi connectivity index (χ0v) is 13.6. The predicted molar refractivity (Wildman–Crippen MR) is 88.9 cm³/mol. The number of benzene rings is 2. The molecule has 3 heteroatoms. The molecule has 0 N–H and O–H groups in total. The Kier molecular flexibility index (Phi) is 3.74. The van der Waals surface area contributed by atoms with E-state index in [-0.39, 0.29) is 0 Å². The summed E-state index contributed by atoms with van der Waals surface area (Å²) in [6.45, 7) is 0.969.